The van der Waals surface area contributed by atoms with Gasteiger partial charge in [-0.2, -0.15) is 5.26 Å². The largest absolute Gasteiger partial charge is 0.438 e. The minimum absolute atomic E-state index is 0.291. The number of rotatable bonds is 3. The highest BCUT2D eigenvalue weighted by Gasteiger charge is 2.17. The molecule has 100 valence electrons. The van der Waals surface area contributed by atoms with Crippen LogP contribution in [-0.2, 0) is 4.74 Å². The van der Waals surface area contributed by atoms with Gasteiger partial charge in [0, 0.05) is 15.6 Å². The Morgan fingerprint density at radius 2 is 1.75 bits per heavy atom. The van der Waals surface area contributed by atoms with Crippen molar-refractivity contribution in [1.29, 1.82) is 5.26 Å². The van der Waals surface area contributed by atoms with E-state index in [-0.39, 0.29) is 0 Å². The van der Waals surface area contributed by atoms with E-state index in [1.54, 1.807) is 42.5 Å². The van der Waals surface area contributed by atoms with Crippen LogP contribution < -0.4 is 0 Å². The Morgan fingerprint density at radius 3 is 2.35 bits per heavy atom. The normalized spacial score (nSPS) is 11.4. The maximum Gasteiger partial charge on any atom is 0.339 e. The molecule has 0 amide bonds. The molecule has 0 bridgehead atoms. The van der Waals surface area contributed by atoms with E-state index < -0.39 is 12.1 Å². The van der Waals surface area contributed by atoms with Gasteiger partial charge in [-0.15, -0.1) is 0 Å². The number of esters is 1. The summed E-state index contributed by atoms with van der Waals surface area (Å²) < 4.78 is 5.16. The topological polar surface area (TPSA) is 50.1 Å². The van der Waals surface area contributed by atoms with Crippen molar-refractivity contribution in [2.24, 2.45) is 0 Å². The number of hydrogen-bond acceptors (Lipinski definition) is 3. The molecule has 0 fully saturated rings. The van der Waals surface area contributed by atoms with Crippen LogP contribution >= 0.6 is 23.2 Å². The fourth-order valence-corrected chi connectivity index (χ4v) is 2.02. The van der Waals surface area contributed by atoms with Crippen LogP contribution in [-0.4, -0.2) is 5.97 Å². The van der Waals surface area contributed by atoms with E-state index >= 15 is 0 Å². The minimum Gasteiger partial charge on any atom is -0.438 e. The molecule has 1 atom stereocenters. The van der Waals surface area contributed by atoms with Gasteiger partial charge in [-0.25, -0.2) is 4.79 Å². The Balaban J connectivity index is 2.19. The van der Waals surface area contributed by atoms with E-state index in [0.717, 1.165) is 0 Å². The Labute approximate surface area is 126 Å². The second-order valence-electron chi connectivity index (χ2n) is 3.98. The van der Waals surface area contributed by atoms with Crippen LogP contribution in [0.25, 0.3) is 0 Å². The molecule has 0 aliphatic carbocycles. The molecule has 0 saturated heterocycles. The molecule has 2 rings (SSSR count). The van der Waals surface area contributed by atoms with Crippen LogP contribution in [0.5, 0.6) is 0 Å². The SMILES string of the molecule is N#CC(OC(=O)c1cccc(Cl)c1)c1cccc(Cl)c1. The quantitative estimate of drug-likeness (QED) is 0.789. The monoisotopic (exact) mass is 305 g/mol. The number of nitrogens with zero attached hydrogens (tertiary/aromatic N) is 1. The smallest absolute Gasteiger partial charge is 0.339 e. The van der Waals surface area contributed by atoms with Crippen LogP contribution in [0.1, 0.15) is 22.0 Å². The number of benzene rings is 2. The average molecular weight is 306 g/mol. The van der Waals surface area contributed by atoms with E-state index in [9.17, 15) is 4.79 Å². The number of nitriles is 1. The first kappa shape index (κ1) is 14.4. The second-order valence-corrected chi connectivity index (χ2v) is 4.85. The third-order valence-corrected chi connectivity index (χ3v) is 3.02. The molecular formula is C15H9Cl2NO2. The number of halogens is 2. The zero-order chi connectivity index (χ0) is 14.5. The predicted molar refractivity (Wildman–Crippen MR) is 76.7 cm³/mol. The van der Waals surface area contributed by atoms with Crippen molar-refractivity contribution >= 4 is 29.2 Å². The van der Waals surface area contributed by atoms with Crippen molar-refractivity contribution in [3.05, 3.63) is 69.7 Å². The van der Waals surface area contributed by atoms with Gasteiger partial charge in [-0.05, 0) is 30.3 Å². The van der Waals surface area contributed by atoms with Crippen molar-refractivity contribution in [1.82, 2.24) is 0 Å². The zero-order valence-electron chi connectivity index (χ0n) is 10.2. The summed E-state index contributed by atoms with van der Waals surface area (Å²) in [6.07, 6.45) is -1.01. The Bertz CT molecular complexity index is 680. The first-order chi connectivity index (χ1) is 9.60. The van der Waals surface area contributed by atoms with Crippen molar-refractivity contribution in [2.75, 3.05) is 0 Å². The molecule has 0 spiro atoms. The molecule has 0 heterocycles. The lowest BCUT2D eigenvalue weighted by atomic mass is 10.1. The summed E-state index contributed by atoms with van der Waals surface area (Å²) in [5, 5.41) is 10.0. The molecule has 0 aliphatic rings. The predicted octanol–water partition coefficient (Wildman–Crippen LogP) is 4.42. The van der Waals surface area contributed by atoms with E-state index in [4.69, 9.17) is 33.2 Å². The number of hydrogen-bond donors (Lipinski definition) is 0. The van der Waals surface area contributed by atoms with Gasteiger partial charge in [0.15, 0.2) is 0 Å². The molecule has 2 aromatic carbocycles. The van der Waals surface area contributed by atoms with E-state index in [2.05, 4.69) is 0 Å². The minimum atomic E-state index is -1.01. The fourth-order valence-electron chi connectivity index (χ4n) is 1.63. The summed E-state index contributed by atoms with van der Waals surface area (Å²) >= 11 is 11.7. The van der Waals surface area contributed by atoms with Crippen molar-refractivity contribution in [3.63, 3.8) is 0 Å². The lowest BCUT2D eigenvalue weighted by molar-refractivity contribution is 0.0404. The van der Waals surface area contributed by atoms with Gasteiger partial charge < -0.3 is 4.74 Å². The van der Waals surface area contributed by atoms with Gasteiger partial charge in [-0.3, -0.25) is 0 Å². The highest BCUT2D eigenvalue weighted by molar-refractivity contribution is 6.31. The molecule has 0 saturated carbocycles. The first-order valence-electron chi connectivity index (χ1n) is 5.72. The lowest BCUT2D eigenvalue weighted by Crippen LogP contribution is -2.10. The molecule has 5 heteroatoms. The van der Waals surface area contributed by atoms with Crippen molar-refractivity contribution in [2.45, 2.75) is 6.10 Å². The number of carbonyl (C=O) groups is 1. The highest BCUT2D eigenvalue weighted by Crippen LogP contribution is 2.22. The lowest BCUT2D eigenvalue weighted by Gasteiger charge is -2.11. The van der Waals surface area contributed by atoms with E-state index in [0.29, 0.717) is 21.2 Å². The number of ether oxygens (including phenoxy) is 1. The van der Waals surface area contributed by atoms with Gasteiger partial charge in [0.05, 0.1) is 5.56 Å². The maximum absolute atomic E-state index is 12.0. The average Bonchev–Trinajstić information content (AvgIpc) is 2.44. The summed E-state index contributed by atoms with van der Waals surface area (Å²) in [6.45, 7) is 0. The molecule has 0 aromatic heterocycles. The molecule has 3 nitrogen and oxygen atoms in total. The summed E-state index contributed by atoms with van der Waals surface area (Å²) in [5.74, 6) is -0.612. The third-order valence-electron chi connectivity index (χ3n) is 2.55. The Kier molecular flexibility index (Phi) is 4.62. The number of carbonyl (C=O) groups excluding carboxylic acids is 1. The van der Waals surface area contributed by atoms with E-state index in [1.807, 2.05) is 6.07 Å². The van der Waals surface area contributed by atoms with Crippen molar-refractivity contribution in [3.8, 4) is 6.07 Å². The maximum atomic E-state index is 12.0. The molecule has 0 radical (unpaired) electrons. The first-order valence-corrected chi connectivity index (χ1v) is 6.47. The molecule has 0 aliphatic heterocycles. The van der Waals surface area contributed by atoms with Crippen molar-refractivity contribution < 1.29 is 9.53 Å². The molecule has 0 N–H and O–H groups in total. The highest BCUT2D eigenvalue weighted by atomic mass is 35.5. The molecule has 1 unspecified atom stereocenters. The van der Waals surface area contributed by atoms with Gasteiger partial charge >= 0.3 is 5.97 Å². The van der Waals surface area contributed by atoms with Gasteiger partial charge in [0.2, 0.25) is 6.10 Å². The molecule has 2 aromatic rings. The zero-order valence-corrected chi connectivity index (χ0v) is 11.7. The van der Waals surface area contributed by atoms with Gasteiger partial charge in [0.25, 0.3) is 0 Å². The van der Waals surface area contributed by atoms with Crippen LogP contribution in [0, 0.1) is 11.3 Å². The summed E-state index contributed by atoms with van der Waals surface area (Å²) in [6, 6.07) is 14.9. The van der Waals surface area contributed by atoms with Crippen LogP contribution in [0.2, 0.25) is 10.0 Å². The van der Waals surface area contributed by atoms with Crippen LogP contribution in [0.4, 0.5) is 0 Å². The van der Waals surface area contributed by atoms with Crippen LogP contribution in [0.3, 0.4) is 0 Å². The summed E-state index contributed by atoms with van der Waals surface area (Å²) in [4.78, 5) is 12.0. The van der Waals surface area contributed by atoms with Gasteiger partial charge in [-0.1, -0.05) is 41.4 Å². The Morgan fingerprint density at radius 1 is 1.10 bits per heavy atom. The fraction of sp³-hybridized carbons (Fsp3) is 0.0667. The van der Waals surface area contributed by atoms with E-state index in [1.165, 1.54) is 6.07 Å². The standard InChI is InChI=1S/C15H9Cl2NO2/c16-12-5-1-3-10(7-12)14(9-18)20-15(19)11-4-2-6-13(17)8-11/h1-8,14H. The van der Waals surface area contributed by atoms with Crippen LogP contribution in [0.15, 0.2) is 48.5 Å². The second kappa shape index (κ2) is 6.42. The summed E-state index contributed by atoms with van der Waals surface area (Å²) in [7, 11) is 0. The molecule has 20 heavy (non-hydrogen) atoms. The molecular weight excluding hydrogens is 297 g/mol. The Hall–Kier alpha value is -2.02. The van der Waals surface area contributed by atoms with Gasteiger partial charge in [0.1, 0.15) is 6.07 Å². The summed E-state index contributed by atoms with van der Waals surface area (Å²) in [5.41, 5.74) is 0.815. The third kappa shape index (κ3) is 3.51.